The van der Waals surface area contributed by atoms with Crippen LogP contribution < -0.4 is 0 Å². The van der Waals surface area contributed by atoms with E-state index in [2.05, 4.69) is 45.4 Å². The molecule has 2 aromatic rings. The number of rotatable bonds is 11. The normalized spacial score (nSPS) is 12.4. The summed E-state index contributed by atoms with van der Waals surface area (Å²) in [6.07, 6.45) is 3.43. The first-order valence-corrected chi connectivity index (χ1v) is 14.4. The molecule has 0 radical (unpaired) electrons. The Bertz CT molecular complexity index is 887. The Morgan fingerprint density at radius 3 is 2.48 bits per heavy atom. The van der Waals surface area contributed by atoms with Crippen molar-refractivity contribution in [3.05, 3.63) is 52.1 Å². The van der Waals surface area contributed by atoms with Gasteiger partial charge in [-0.05, 0) is 36.2 Å². The Hall–Kier alpha value is -1.63. The quantitative estimate of drug-likeness (QED) is 0.387. The van der Waals surface area contributed by atoms with Crippen molar-refractivity contribution >= 4 is 25.9 Å². The summed E-state index contributed by atoms with van der Waals surface area (Å²) in [6, 6.07) is 7.79. The van der Waals surface area contributed by atoms with Crippen LogP contribution in [-0.2, 0) is 35.2 Å². The van der Waals surface area contributed by atoms with E-state index in [1.54, 1.807) is 0 Å². The van der Waals surface area contributed by atoms with E-state index < -0.39 is 14.3 Å². The maximum atomic E-state index is 11.4. The number of aliphatic carboxylic acids is 1. The number of aryl methyl sites for hydroxylation is 1. The summed E-state index contributed by atoms with van der Waals surface area (Å²) < 4.78 is 8.63. The van der Waals surface area contributed by atoms with E-state index in [0.717, 1.165) is 42.0 Å². The predicted molar refractivity (Wildman–Crippen MR) is 129 cm³/mol. The molecule has 172 valence electrons. The van der Waals surface area contributed by atoms with Gasteiger partial charge in [0.15, 0.2) is 8.32 Å². The molecule has 0 aliphatic heterocycles. The maximum absolute atomic E-state index is 11.4. The lowest BCUT2D eigenvalue weighted by Gasteiger charge is -2.36. The van der Waals surface area contributed by atoms with Gasteiger partial charge in [-0.3, -0.25) is 4.79 Å². The van der Waals surface area contributed by atoms with Crippen LogP contribution in [0.3, 0.4) is 0 Å². The smallest absolute Gasteiger partial charge is 0.303 e. The molecule has 1 aromatic carbocycles. The van der Waals surface area contributed by atoms with E-state index in [-0.39, 0.29) is 11.5 Å². The Kier molecular flexibility index (Phi) is 8.92. The van der Waals surface area contributed by atoms with Gasteiger partial charge in [-0.25, -0.2) is 4.98 Å². The van der Waals surface area contributed by atoms with Crippen LogP contribution in [0, 0.1) is 0 Å². The van der Waals surface area contributed by atoms with Crippen LogP contribution in [0.25, 0.3) is 0 Å². The average molecular weight is 465 g/mol. The van der Waals surface area contributed by atoms with Gasteiger partial charge in [0.1, 0.15) is 5.82 Å². The van der Waals surface area contributed by atoms with Crippen molar-refractivity contribution < 1.29 is 14.3 Å². The average Bonchev–Trinajstić information content (AvgIpc) is 3.00. The number of nitrogens with zero attached hydrogens (tertiary/aromatic N) is 2. The van der Waals surface area contributed by atoms with E-state index in [1.165, 1.54) is 0 Å². The fourth-order valence-corrected chi connectivity index (χ4v) is 4.31. The fraction of sp³-hybridized carbons (Fsp3) is 0.583. The first-order chi connectivity index (χ1) is 14.5. The summed E-state index contributed by atoms with van der Waals surface area (Å²) in [6.45, 7) is 14.3. The molecule has 0 fully saturated rings. The standard InChI is InChI=1S/C24H37ClN2O3Si/c1-7-8-13-22-26-20(17-30-31(5,6)24(2,3)4)21(14-15-23(28)29)27(22)16-18-11-9-10-12-19(18)25/h9-12H,7-8,13-17H2,1-6H3,(H,28,29). The zero-order valence-electron chi connectivity index (χ0n) is 19.8. The summed E-state index contributed by atoms with van der Waals surface area (Å²) in [5.41, 5.74) is 2.82. The molecule has 0 spiro atoms. The summed E-state index contributed by atoms with van der Waals surface area (Å²) in [4.78, 5) is 16.3. The Labute approximate surface area is 192 Å². The van der Waals surface area contributed by atoms with Gasteiger partial charge in [0.2, 0.25) is 0 Å². The van der Waals surface area contributed by atoms with Crippen molar-refractivity contribution in [2.75, 3.05) is 0 Å². The van der Waals surface area contributed by atoms with Gasteiger partial charge < -0.3 is 14.1 Å². The molecule has 1 N–H and O–H groups in total. The molecule has 5 nitrogen and oxygen atoms in total. The monoisotopic (exact) mass is 464 g/mol. The number of benzene rings is 1. The van der Waals surface area contributed by atoms with Gasteiger partial charge in [0, 0.05) is 23.6 Å². The number of hydrogen-bond donors (Lipinski definition) is 1. The highest BCUT2D eigenvalue weighted by Crippen LogP contribution is 2.37. The number of carbonyl (C=O) groups is 1. The third-order valence-corrected chi connectivity index (χ3v) is 11.1. The zero-order valence-corrected chi connectivity index (χ0v) is 21.6. The molecule has 7 heteroatoms. The van der Waals surface area contributed by atoms with Crippen molar-refractivity contribution in [3.63, 3.8) is 0 Å². The number of halogens is 1. The van der Waals surface area contributed by atoms with Crippen LogP contribution in [0.1, 0.15) is 69.7 Å². The molecule has 31 heavy (non-hydrogen) atoms. The van der Waals surface area contributed by atoms with Gasteiger partial charge in [-0.2, -0.15) is 0 Å². The lowest BCUT2D eigenvalue weighted by Crippen LogP contribution is -2.40. The van der Waals surface area contributed by atoms with Gasteiger partial charge in [0.25, 0.3) is 0 Å². The lowest BCUT2D eigenvalue weighted by atomic mass is 10.1. The van der Waals surface area contributed by atoms with Crippen LogP contribution in [0.2, 0.25) is 23.2 Å². The second kappa shape index (κ2) is 10.8. The number of hydrogen-bond acceptors (Lipinski definition) is 3. The number of imidazole rings is 1. The Balaban J connectivity index is 2.46. The minimum Gasteiger partial charge on any atom is -0.481 e. The first kappa shape index (κ1) is 25.6. The molecular formula is C24H37ClN2O3Si. The second-order valence-corrected chi connectivity index (χ2v) is 14.9. The summed E-state index contributed by atoms with van der Waals surface area (Å²) in [7, 11) is -1.96. The van der Waals surface area contributed by atoms with E-state index >= 15 is 0 Å². The number of unbranched alkanes of at least 4 members (excludes halogenated alkanes) is 1. The predicted octanol–water partition coefficient (Wildman–Crippen LogP) is 6.47. The molecule has 0 saturated heterocycles. The highest BCUT2D eigenvalue weighted by molar-refractivity contribution is 6.74. The molecule has 0 atom stereocenters. The molecule has 1 heterocycles. The van der Waals surface area contributed by atoms with Gasteiger partial charge in [-0.15, -0.1) is 0 Å². The van der Waals surface area contributed by atoms with Crippen LogP contribution >= 0.6 is 11.6 Å². The lowest BCUT2D eigenvalue weighted by molar-refractivity contribution is -0.137. The van der Waals surface area contributed by atoms with E-state index in [4.69, 9.17) is 21.0 Å². The fourth-order valence-electron chi connectivity index (χ4n) is 3.19. The van der Waals surface area contributed by atoms with E-state index in [1.807, 2.05) is 24.3 Å². The van der Waals surface area contributed by atoms with Crippen LogP contribution in [-0.4, -0.2) is 28.9 Å². The topological polar surface area (TPSA) is 64.3 Å². The summed E-state index contributed by atoms with van der Waals surface area (Å²) >= 11 is 6.44. The van der Waals surface area contributed by atoms with Crippen molar-refractivity contribution in [2.45, 2.75) is 91.1 Å². The van der Waals surface area contributed by atoms with Gasteiger partial charge in [-0.1, -0.05) is 63.9 Å². The van der Waals surface area contributed by atoms with Gasteiger partial charge >= 0.3 is 5.97 Å². The summed E-state index contributed by atoms with van der Waals surface area (Å²) in [5.74, 6) is 0.174. The summed E-state index contributed by atoms with van der Waals surface area (Å²) in [5, 5.41) is 10.1. The molecule has 0 aliphatic carbocycles. The highest BCUT2D eigenvalue weighted by atomic mass is 35.5. The largest absolute Gasteiger partial charge is 0.481 e. The Morgan fingerprint density at radius 2 is 1.90 bits per heavy atom. The van der Waals surface area contributed by atoms with Crippen molar-refractivity contribution in [2.24, 2.45) is 0 Å². The van der Waals surface area contributed by atoms with Crippen molar-refractivity contribution in [1.82, 2.24) is 9.55 Å². The highest BCUT2D eigenvalue weighted by Gasteiger charge is 2.37. The molecule has 0 unspecified atom stereocenters. The Morgan fingerprint density at radius 1 is 1.23 bits per heavy atom. The molecule has 0 bridgehead atoms. The third-order valence-electron chi connectivity index (χ3n) is 6.23. The molecular weight excluding hydrogens is 428 g/mol. The maximum Gasteiger partial charge on any atom is 0.303 e. The van der Waals surface area contributed by atoms with E-state index in [9.17, 15) is 9.90 Å². The number of carboxylic acid groups (broad SMARTS) is 1. The third kappa shape index (κ3) is 6.92. The molecule has 2 rings (SSSR count). The minimum absolute atomic E-state index is 0.0640. The zero-order chi connectivity index (χ0) is 23.2. The number of aromatic nitrogens is 2. The molecule has 0 aliphatic rings. The first-order valence-electron chi connectivity index (χ1n) is 11.1. The number of carboxylic acids is 1. The SMILES string of the molecule is CCCCc1nc(CO[Si](C)(C)C(C)(C)C)c(CCC(=O)O)n1Cc1ccccc1Cl. The van der Waals surface area contributed by atoms with Crippen LogP contribution in [0.5, 0.6) is 0 Å². The van der Waals surface area contributed by atoms with Crippen LogP contribution in [0.15, 0.2) is 24.3 Å². The van der Waals surface area contributed by atoms with Crippen LogP contribution in [0.4, 0.5) is 0 Å². The molecule has 0 amide bonds. The second-order valence-electron chi connectivity index (χ2n) is 9.65. The van der Waals surface area contributed by atoms with Gasteiger partial charge in [0.05, 0.1) is 25.3 Å². The molecule has 0 saturated carbocycles. The van der Waals surface area contributed by atoms with Crippen molar-refractivity contribution in [3.8, 4) is 0 Å². The minimum atomic E-state index is -1.96. The van der Waals surface area contributed by atoms with E-state index in [0.29, 0.717) is 24.6 Å². The molecule has 1 aromatic heterocycles. The van der Waals surface area contributed by atoms with Crippen molar-refractivity contribution in [1.29, 1.82) is 0 Å².